The summed E-state index contributed by atoms with van der Waals surface area (Å²) in [5.41, 5.74) is 5.06. The molecule has 0 spiro atoms. The molecular weight excluding hydrogens is 388 g/mol. The Morgan fingerprint density at radius 3 is 2.61 bits per heavy atom. The van der Waals surface area contributed by atoms with Gasteiger partial charge in [-0.05, 0) is 35.9 Å². The van der Waals surface area contributed by atoms with Crippen LogP contribution in [0.3, 0.4) is 0 Å². The van der Waals surface area contributed by atoms with E-state index in [1.807, 2.05) is 0 Å². The normalized spacial score (nSPS) is 10.4. The molecule has 2 amide bonds. The number of amides is 2. The van der Waals surface area contributed by atoms with Crippen molar-refractivity contribution in [1.82, 2.24) is 10.9 Å². The van der Waals surface area contributed by atoms with Gasteiger partial charge in [-0.3, -0.25) is 20.4 Å². The van der Waals surface area contributed by atoms with E-state index >= 15 is 0 Å². The number of benzene rings is 2. The molecule has 2 aromatic carbocycles. The lowest BCUT2D eigenvalue weighted by atomic mass is 10.2. The molecule has 146 valence electrons. The summed E-state index contributed by atoms with van der Waals surface area (Å²) in [7, 11) is 1.40. The molecule has 9 heteroatoms. The minimum absolute atomic E-state index is 0.0299. The van der Waals surface area contributed by atoms with E-state index in [1.54, 1.807) is 18.2 Å². The van der Waals surface area contributed by atoms with E-state index in [4.69, 9.17) is 21.1 Å². The number of hydrogen-bond acceptors (Lipinski definition) is 6. The van der Waals surface area contributed by atoms with Crippen LogP contribution in [0.2, 0.25) is 5.02 Å². The second-order valence-electron chi connectivity index (χ2n) is 5.35. The van der Waals surface area contributed by atoms with Gasteiger partial charge in [0.15, 0.2) is 18.1 Å². The average molecular weight is 405 g/mol. The number of hydrogen-bond donors (Lipinski definition) is 3. The first kappa shape index (κ1) is 20.8. The van der Waals surface area contributed by atoms with Crippen molar-refractivity contribution in [1.29, 1.82) is 0 Å². The molecule has 0 saturated carbocycles. The fourth-order valence-corrected chi connectivity index (χ4v) is 2.24. The first-order valence-electron chi connectivity index (χ1n) is 7.96. The van der Waals surface area contributed by atoms with E-state index in [0.717, 1.165) is 6.08 Å². The molecule has 0 aliphatic rings. The summed E-state index contributed by atoms with van der Waals surface area (Å²) in [4.78, 5) is 35.2. The van der Waals surface area contributed by atoms with Crippen LogP contribution >= 0.6 is 11.6 Å². The highest BCUT2D eigenvalue weighted by atomic mass is 35.5. The third-order valence-corrected chi connectivity index (χ3v) is 3.72. The third kappa shape index (κ3) is 6.03. The van der Waals surface area contributed by atoms with Crippen molar-refractivity contribution in [2.75, 3.05) is 13.7 Å². The van der Waals surface area contributed by atoms with Gasteiger partial charge >= 0.3 is 5.97 Å². The Morgan fingerprint density at radius 2 is 1.89 bits per heavy atom. The Bertz CT molecular complexity index is 913. The summed E-state index contributed by atoms with van der Waals surface area (Å²) >= 11 is 5.88. The van der Waals surface area contributed by atoms with Crippen LogP contribution in [0.1, 0.15) is 15.9 Å². The minimum atomic E-state index is -0.764. The maximum atomic E-state index is 11.9. The highest BCUT2D eigenvalue weighted by Crippen LogP contribution is 2.26. The molecule has 3 N–H and O–H groups in total. The van der Waals surface area contributed by atoms with Gasteiger partial charge in [-0.15, -0.1) is 0 Å². The number of rotatable bonds is 6. The molecule has 0 saturated heterocycles. The zero-order valence-electron chi connectivity index (χ0n) is 14.8. The first-order valence-corrected chi connectivity index (χ1v) is 8.34. The molecule has 28 heavy (non-hydrogen) atoms. The molecule has 0 aliphatic heterocycles. The molecule has 0 atom stereocenters. The summed E-state index contributed by atoms with van der Waals surface area (Å²) in [5, 5.41) is 9.75. The second kappa shape index (κ2) is 9.98. The predicted molar refractivity (Wildman–Crippen MR) is 102 cm³/mol. The van der Waals surface area contributed by atoms with Gasteiger partial charge < -0.3 is 14.6 Å². The number of aromatic hydroxyl groups is 1. The highest BCUT2D eigenvalue weighted by molar-refractivity contribution is 6.33. The lowest BCUT2D eigenvalue weighted by molar-refractivity contribution is -0.144. The largest absolute Gasteiger partial charge is 0.504 e. The van der Waals surface area contributed by atoms with Gasteiger partial charge in [-0.25, -0.2) is 4.79 Å². The van der Waals surface area contributed by atoms with E-state index in [0.29, 0.717) is 5.56 Å². The van der Waals surface area contributed by atoms with Crippen LogP contribution in [0, 0.1) is 0 Å². The number of esters is 1. The number of carbonyl (C=O) groups excluding carboxylic acids is 3. The van der Waals surface area contributed by atoms with Crippen molar-refractivity contribution in [2.24, 2.45) is 0 Å². The van der Waals surface area contributed by atoms with E-state index in [-0.39, 0.29) is 22.1 Å². The van der Waals surface area contributed by atoms with Crippen LogP contribution in [-0.2, 0) is 14.3 Å². The Balaban J connectivity index is 1.78. The van der Waals surface area contributed by atoms with E-state index in [9.17, 15) is 19.5 Å². The summed E-state index contributed by atoms with van der Waals surface area (Å²) in [6.45, 7) is -0.592. The third-order valence-electron chi connectivity index (χ3n) is 3.40. The number of methoxy groups -OCH3 is 1. The lowest BCUT2D eigenvalue weighted by Crippen LogP contribution is -2.43. The van der Waals surface area contributed by atoms with Crippen LogP contribution in [0.15, 0.2) is 48.5 Å². The fraction of sp³-hybridized carbons (Fsp3) is 0.105. The summed E-state index contributed by atoms with van der Waals surface area (Å²) in [6.07, 6.45) is 2.54. The van der Waals surface area contributed by atoms with Gasteiger partial charge in [-0.2, -0.15) is 0 Å². The van der Waals surface area contributed by atoms with Gasteiger partial charge in [-0.1, -0.05) is 29.8 Å². The van der Waals surface area contributed by atoms with E-state index < -0.39 is 24.4 Å². The van der Waals surface area contributed by atoms with Crippen molar-refractivity contribution < 1.29 is 29.0 Å². The van der Waals surface area contributed by atoms with E-state index in [1.165, 1.54) is 37.5 Å². The summed E-state index contributed by atoms with van der Waals surface area (Å²) in [5.74, 6) is -1.87. The van der Waals surface area contributed by atoms with Crippen molar-refractivity contribution >= 4 is 35.5 Å². The SMILES string of the molecule is COc1cc(/C=C/C(=O)OCC(=O)NNC(=O)c2ccccc2Cl)ccc1O. The first-order chi connectivity index (χ1) is 13.4. The van der Waals surface area contributed by atoms with Gasteiger partial charge in [0.2, 0.25) is 0 Å². The Kier molecular flexibility index (Phi) is 7.41. The van der Waals surface area contributed by atoms with Gasteiger partial charge in [0.1, 0.15) is 0 Å². The second-order valence-corrected chi connectivity index (χ2v) is 5.76. The van der Waals surface area contributed by atoms with Gasteiger partial charge in [0.25, 0.3) is 11.8 Å². The average Bonchev–Trinajstić information content (AvgIpc) is 2.70. The minimum Gasteiger partial charge on any atom is -0.504 e. The molecule has 8 nitrogen and oxygen atoms in total. The van der Waals surface area contributed by atoms with Crippen LogP contribution in [0.5, 0.6) is 11.5 Å². The van der Waals surface area contributed by atoms with Crippen LogP contribution in [-0.4, -0.2) is 36.6 Å². The molecule has 2 aromatic rings. The number of nitrogens with one attached hydrogen (secondary N) is 2. The molecule has 2 rings (SSSR count). The van der Waals surface area contributed by atoms with Gasteiger partial charge in [0, 0.05) is 6.08 Å². The van der Waals surface area contributed by atoms with Crippen molar-refractivity contribution in [2.45, 2.75) is 0 Å². The molecule has 0 fully saturated rings. The van der Waals surface area contributed by atoms with E-state index in [2.05, 4.69) is 10.9 Å². The Morgan fingerprint density at radius 1 is 1.14 bits per heavy atom. The quantitative estimate of drug-likeness (QED) is 0.386. The van der Waals surface area contributed by atoms with Crippen molar-refractivity contribution in [3.63, 3.8) is 0 Å². The van der Waals surface area contributed by atoms with Crippen molar-refractivity contribution in [3.8, 4) is 11.5 Å². The fourth-order valence-electron chi connectivity index (χ4n) is 2.02. The smallest absolute Gasteiger partial charge is 0.331 e. The molecule has 0 heterocycles. The standard InChI is InChI=1S/C19H17ClN2O6/c1-27-16-10-12(6-8-15(16)23)7-9-18(25)28-11-17(24)21-22-19(26)13-4-2-3-5-14(13)20/h2-10,23H,11H2,1H3,(H,21,24)(H,22,26)/b9-7+. The van der Waals surface area contributed by atoms with Crippen molar-refractivity contribution in [3.05, 3.63) is 64.7 Å². The maximum absolute atomic E-state index is 11.9. The number of halogens is 1. The number of hydrazine groups is 1. The number of phenols is 1. The maximum Gasteiger partial charge on any atom is 0.331 e. The van der Waals surface area contributed by atoms with Crippen LogP contribution in [0.25, 0.3) is 6.08 Å². The summed E-state index contributed by atoms with van der Waals surface area (Å²) in [6, 6.07) is 10.8. The molecule has 0 bridgehead atoms. The Labute approximate surface area is 165 Å². The topological polar surface area (TPSA) is 114 Å². The molecule has 0 unspecified atom stereocenters. The number of ether oxygens (including phenoxy) is 2. The lowest BCUT2D eigenvalue weighted by Gasteiger charge is -2.08. The number of carbonyl (C=O) groups is 3. The molecule has 0 radical (unpaired) electrons. The predicted octanol–water partition coefficient (Wildman–Crippen LogP) is 2.07. The molecular formula is C19H17ClN2O6. The Hall–Kier alpha value is -3.52. The monoisotopic (exact) mass is 404 g/mol. The highest BCUT2D eigenvalue weighted by Gasteiger charge is 2.11. The molecule has 0 aromatic heterocycles. The van der Waals surface area contributed by atoms with Crippen LogP contribution in [0.4, 0.5) is 0 Å². The van der Waals surface area contributed by atoms with Gasteiger partial charge in [0.05, 0.1) is 17.7 Å². The zero-order chi connectivity index (χ0) is 20.5. The van der Waals surface area contributed by atoms with Crippen LogP contribution < -0.4 is 15.6 Å². The summed E-state index contributed by atoms with van der Waals surface area (Å²) < 4.78 is 9.73. The molecule has 0 aliphatic carbocycles. The number of phenolic OH excluding ortho intramolecular Hbond substituents is 1. The zero-order valence-corrected chi connectivity index (χ0v) is 15.5.